The maximum Gasteiger partial charge on any atom is 0.131 e. The average Bonchev–Trinajstić information content (AvgIpc) is 2.36. The highest BCUT2D eigenvalue weighted by Gasteiger charge is 2.06. The highest BCUT2D eigenvalue weighted by Crippen LogP contribution is 2.29. The molecule has 0 amide bonds. The van der Waals surface area contributed by atoms with Gasteiger partial charge in [0.25, 0.3) is 0 Å². The molecule has 94 valence electrons. The lowest BCUT2D eigenvalue weighted by molar-refractivity contribution is 0.475. The Morgan fingerprint density at radius 2 is 1.94 bits per heavy atom. The summed E-state index contributed by atoms with van der Waals surface area (Å²) in [4.78, 5) is 0. The Kier molecular flexibility index (Phi) is 4.10. The molecule has 2 aromatic rings. The number of hydrogen-bond donors (Lipinski definition) is 0. The Bertz CT molecular complexity index is 570. The summed E-state index contributed by atoms with van der Waals surface area (Å²) in [6.45, 7) is 1.69. The van der Waals surface area contributed by atoms with E-state index in [-0.39, 0.29) is 5.82 Å². The molecule has 0 bridgehead atoms. The summed E-state index contributed by atoms with van der Waals surface area (Å²) in [7, 11) is 0. The molecule has 0 aliphatic heterocycles. The van der Waals surface area contributed by atoms with Crippen LogP contribution in [0.25, 0.3) is 0 Å². The minimum absolute atomic E-state index is 0.254. The topological polar surface area (TPSA) is 9.23 Å². The van der Waals surface area contributed by atoms with Crippen LogP contribution in [-0.4, -0.2) is 0 Å². The Labute approximate surface area is 115 Å². The van der Waals surface area contributed by atoms with Gasteiger partial charge in [0.15, 0.2) is 0 Å². The van der Waals surface area contributed by atoms with Crippen molar-refractivity contribution in [2.24, 2.45) is 0 Å². The van der Waals surface area contributed by atoms with Crippen LogP contribution in [0.5, 0.6) is 11.5 Å². The molecule has 4 heteroatoms. The summed E-state index contributed by atoms with van der Waals surface area (Å²) in [5.41, 5.74) is 1.33. The molecule has 0 saturated carbocycles. The van der Waals surface area contributed by atoms with E-state index in [2.05, 4.69) is 0 Å². The van der Waals surface area contributed by atoms with E-state index in [0.717, 1.165) is 5.56 Å². The molecule has 0 N–H and O–H groups in total. The summed E-state index contributed by atoms with van der Waals surface area (Å²) in [5.74, 6) is 1.25. The molecule has 0 aliphatic carbocycles. The summed E-state index contributed by atoms with van der Waals surface area (Å²) < 4.78 is 18.8. The van der Waals surface area contributed by atoms with Crippen molar-refractivity contribution in [1.29, 1.82) is 0 Å². The van der Waals surface area contributed by atoms with Gasteiger partial charge in [-0.3, -0.25) is 0 Å². The van der Waals surface area contributed by atoms with Crippen LogP contribution in [0.4, 0.5) is 4.39 Å². The van der Waals surface area contributed by atoms with Crippen molar-refractivity contribution in [2.75, 3.05) is 0 Å². The van der Waals surface area contributed by atoms with Gasteiger partial charge in [0, 0.05) is 10.6 Å². The fraction of sp³-hybridized carbons (Fsp3) is 0.143. The van der Waals surface area contributed by atoms with Crippen molar-refractivity contribution in [3.63, 3.8) is 0 Å². The summed E-state index contributed by atoms with van der Waals surface area (Å²) in [5, 5.41) is 0.605. The van der Waals surface area contributed by atoms with E-state index in [4.69, 9.17) is 27.9 Å². The number of rotatable bonds is 3. The molecule has 0 radical (unpaired) electrons. The van der Waals surface area contributed by atoms with Crippen LogP contribution in [0.2, 0.25) is 5.02 Å². The molecule has 0 unspecified atom stereocenters. The molecule has 0 atom stereocenters. The highest BCUT2D eigenvalue weighted by molar-refractivity contribution is 6.30. The predicted octanol–water partition coefficient (Wildman–Crippen LogP) is 5.32. The normalized spacial score (nSPS) is 10.4. The van der Waals surface area contributed by atoms with Crippen molar-refractivity contribution in [2.45, 2.75) is 12.8 Å². The summed E-state index contributed by atoms with van der Waals surface area (Å²) in [6, 6.07) is 9.82. The first kappa shape index (κ1) is 13.2. The molecule has 0 heterocycles. The van der Waals surface area contributed by atoms with Crippen LogP contribution >= 0.6 is 23.2 Å². The molecule has 0 aliphatic rings. The van der Waals surface area contributed by atoms with Gasteiger partial charge in [0.05, 0.1) is 5.88 Å². The minimum Gasteiger partial charge on any atom is -0.457 e. The number of ether oxygens (including phenoxy) is 1. The lowest BCUT2D eigenvalue weighted by Gasteiger charge is -2.10. The standard InChI is InChI=1S/C14H11Cl2FO/c1-9-6-12(3-4-13(9)17)18-14-5-2-11(16)7-10(14)8-15/h2-7H,8H2,1H3. The number of halogens is 3. The third kappa shape index (κ3) is 2.95. The van der Waals surface area contributed by atoms with Crippen LogP contribution in [0.15, 0.2) is 36.4 Å². The number of hydrogen-bond acceptors (Lipinski definition) is 1. The van der Waals surface area contributed by atoms with Crippen LogP contribution in [0, 0.1) is 12.7 Å². The third-order valence-corrected chi connectivity index (χ3v) is 3.05. The van der Waals surface area contributed by atoms with E-state index in [1.54, 1.807) is 37.3 Å². The van der Waals surface area contributed by atoms with Gasteiger partial charge in [-0.2, -0.15) is 0 Å². The zero-order valence-corrected chi connectivity index (χ0v) is 11.2. The molecule has 18 heavy (non-hydrogen) atoms. The monoisotopic (exact) mass is 284 g/mol. The van der Waals surface area contributed by atoms with Crippen molar-refractivity contribution < 1.29 is 9.13 Å². The molecule has 1 nitrogen and oxygen atoms in total. The minimum atomic E-state index is -0.254. The molecule has 0 aromatic heterocycles. The van der Waals surface area contributed by atoms with Crippen molar-refractivity contribution >= 4 is 23.2 Å². The zero-order valence-electron chi connectivity index (χ0n) is 9.71. The summed E-state index contributed by atoms with van der Waals surface area (Å²) in [6.07, 6.45) is 0. The summed E-state index contributed by atoms with van der Waals surface area (Å²) >= 11 is 11.7. The first-order valence-corrected chi connectivity index (χ1v) is 6.30. The lowest BCUT2D eigenvalue weighted by Crippen LogP contribution is -1.91. The van der Waals surface area contributed by atoms with Gasteiger partial charge < -0.3 is 4.74 Å². The lowest BCUT2D eigenvalue weighted by atomic mass is 10.2. The van der Waals surface area contributed by atoms with E-state index < -0.39 is 0 Å². The third-order valence-electron chi connectivity index (χ3n) is 2.52. The van der Waals surface area contributed by atoms with Crippen LogP contribution in [0.1, 0.15) is 11.1 Å². The van der Waals surface area contributed by atoms with Gasteiger partial charge in [0.1, 0.15) is 17.3 Å². The molecular weight excluding hydrogens is 274 g/mol. The van der Waals surface area contributed by atoms with Gasteiger partial charge >= 0.3 is 0 Å². The second kappa shape index (κ2) is 5.59. The smallest absolute Gasteiger partial charge is 0.131 e. The second-order valence-electron chi connectivity index (χ2n) is 3.90. The maximum absolute atomic E-state index is 13.1. The van der Waals surface area contributed by atoms with Crippen molar-refractivity contribution in [3.8, 4) is 11.5 Å². The van der Waals surface area contributed by atoms with E-state index >= 15 is 0 Å². The van der Waals surface area contributed by atoms with E-state index in [0.29, 0.717) is 28.0 Å². The van der Waals surface area contributed by atoms with Crippen LogP contribution in [-0.2, 0) is 5.88 Å². The Morgan fingerprint density at radius 1 is 1.17 bits per heavy atom. The maximum atomic E-state index is 13.1. The molecule has 0 spiro atoms. The zero-order chi connectivity index (χ0) is 13.1. The molecule has 0 saturated heterocycles. The molecular formula is C14H11Cl2FO. The van der Waals surface area contributed by atoms with Gasteiger partial charge in [-0.05, 0) is 48.9 Å². The fourth-order valence-corrected chi connectivity index (χ4v) is 1.96. The van der Waals surface area contributed by atoms with Crippen molar-refractivity contribution in [1.82, 2.24) is 0 Å². The van der Waals surface area contributed by atoms with Gasteiger partial charge in [-0.15, -0.1) is 11.6 Å². The Hall–Kier alpha value is -1.25. The number of aryl methyl sites for hydroxylation is 1. The quantitative estimate of drug-likeness (QED) is 0.693. The van der Waals surface area contributed by atoms with Crippen LogP contribution in [0.3, 0.4) is 0 Å². The Morgan fingerprint density at radius 3 is 2.61 bits per heavy atom. The Balaban J connectivity index is 2.30. The van der Waals surface area contributed by atoms with E-state index in [1.807, 2.05) is 0 Å². The number of benzene rings is 2. The van der Waals surface area contributed by atoms with E-state index in [1.165, 1.54) is 6.07 Å². The molecule has 2 rings (SSSR count). The first-order chi connectivity index (χ1) is 8.60. The second-order valence-corrected chi connectivity index (χ2v) is 4.60. The van der Waals surface area contributed by atoms with Crippen LogP contribution < -0.4 is 4.74 Å². The SMILES string of the molecule is Cc1cc(Oc2ccc(Cl)cc2CCl)ccc1F. The molecule has 2 aromatic carbocycles. The predicted molar refractivity (Wildman–Crippen MR) is 72.2 cm³/mol. The average molecular weight is 285 g/mol. The first-order valence-electron chi connectivity index (χ1n) is 5.38. The van der Waals surface area contributed by atoms with Gasteiger partial charge in [-0.25, -0.2) is 4.39 Å². The number of alkyl halides is 1. The fourth-order valence-electron chi connectivity index (χ4n) is 1.56. The van der Waals surface area contributed by atoms with E-state index in [9.17, 15) is 4.39 Å². The van der Waals surface area contributed by atoms with Gasteiger partial charge in [-0.1, -0.05) is 11.6 Å². The highest BCUT2D eigenvalue weighted by atomic mass is 35.5. The van der Waals surface area contributed by atoms with Gasteiger partial charge in [0.2, 0.25) is 0 Å². The molecule has 0 fully saturated rings. The van der Waals surface area contributed by atoms with Crippen molar-refractivity contribution in [3.05, 3.63) is 58.4 Å². The largest absolute Gasteiger partial charge is 0.457 e.